The van der Waals surface area contributed by atoms with Crippen molar-refractivity contribution in [3.8, 4) is 0 Å². The first-order chi connectivity index (χ1) is 16.5. The molecule has 0 bridgehead atoms. The van der Waals surface area contributed by atoms with Crippen molar-refractivity contribution < 1.29 is 44.8 Å². The van der Waals surface area contributed by atoms with Gasteiger partial charge in [-0.1, -0.05) is 20.8 Å². The summed E-state index contributed by atoms with van der Waals surface area (Å²) in [6.07, 6.45) is 5.57. The molecule has 7 N–H and O–H groups in total. The van der Waals surface area contributed by atoms with Gasteiger partial charge in [-0.15, -0.1) is 6.04 Å². The van der Waals surface area contributed by atoms with Gasteiger partial charge in [0, 0.05) is 38.9 Å². The number of amides is 1. The van der Waals surface area contributed by atoms with E-state index in [9.17, 15) is 14.3 Å². The van der Waals surface area contributed by atoms with Crippen LogP contribution in [0.25, 0.3) is 5.73 Å². The maximum absolute atomic E-state index is 13.8. The maximum Gasteiger partial charge on any atom is 0.253 e. The molecule has 12 heteroatoms. The molecular formula is C24H40FN6O4W-. The van der Waals surface area contributed by atoms with Gasteiger partial charge < -0.3 is 30.9 Å². The average molecular weight is 679 g/mol. The van der Waals surface area contributed by atoms with Crippen LogP contribution in [0, 0.1) is 34.0 Å². The first-order valence-electron chi connectivity index (χ1n) is 11.8. The molecule has 204 valence electrons. The van der Waals surface area contributed by atoms with Crippen LogP contribution in [0.3, 0.4) is 0 Å². The zero-order valence-electron chi connectivity index (χ0n) is 21.6. The van der Waals surface area contributed by atoms with Crippen LogP contribution in [0.5, 0.6) is 0 Å². The van der Waals surface area contributed by atoms with E-state index in [-0.39, 0.29) is 50.4 Å². The zero-order valence-corrected chi connectivity index (χ0v) is 24.5. The number of nitrogens with one attached hydrogen (secondary N) is 6. The molecule has 2 fully saturated rings. The Bertz CT molecular complexity index is 813. The van der Waals surface area contributed by atoms with Gasteiger partial charge >= 0.3 is 0 Å². The van der Waals surface area contributed by atoms with E-state index in [0.29, 0.717) is 18.3 Å². The number of halogens is 1. The second kappa shape index (κ2) is 16.6. The minimum Gasteiger partial charge on any atom is -0.675 e. The molecule has 2 saturated carbocycles. The van der Waals surface area contributed by atoms with Crippen molar-refractivity contribution in [2.75, 3.05) is 14.2 Å². The van der Waals surface area contributed by atoms with E-state index in [4.69, 9.17) is 31.4 Å². The van der Waals surface area contributed by atoms with Gasteiger partial charge in [0.2, 0.25) is 17.8 Å². The van der Waals surface area contributed by atoms with Gasteiger partial charge in [0.05, 0.1) is 20.3 Å². The normalized spacial score (nSPS) is 17.2. The van der Waals surface area contributed by atoms with Crippen LogP contribution >= 0.6 is 0 Å². The second-order valence-electron chi connectivity index (χ2n) is 9.04. The van der Waals surface area contributed by atoms with Crippen molar-refractivity contribution in [1.29, 1.82) is 16.2 Å². The molecule has 0 radical (unpaired) electrons. The number of carbonyl (C=O) groups is 1. The van der Waals surface area contributed by atoms with Gasteiger partial charge in [-0.3, -0.25) is 21.0 Å². The second-order valence-corrected chi connectivity index (χ2v) is 9.04. The Morgan fingerprint density at radius 1 is 1.14 bits per heavy atom. The summed E-state index contributed by atoms with van der Waals surface area (Å²) in [5, 5.41) is 38.7. The van der Waals surface area contributed by atoms with Crippen LogP contribution in [0.15, 0.2) is 23.5 Å². The molecule has 0 aromatic carbocycles. The zero-order chi connectivity index (χ0) is 26.7. The van der Waals surface area contributed by atoms with Crippen molar-refractivity contribution in [3.05, 3.63) is 29.3 Å². The fourth-order valence-electron chi connectivity index (χ4n) is 3.65. The van der Waals surface area contributed by atoms with Crippen LogP contribution in [-0.2, 0) is 35.3 Å². The maximum atomic E-state index is 13.8. The molecular weight excluding hydrogens is 639 g/mol. The van der Waals surface area contributed by atoms with E-state index in [2.05, 4.69) is 10.6 Å². The molecule has 10 nitrogen and oxygen atoms in total. The Kier molecular flexibility index (Phi) is 15.6. The first-order valence-corrected chi connectivity index (χ1v) is 11.8. The molecule has 1 amide bonds. The monoisotopic (exact) mass is 679 g/mol. The van der Waals surface area contributed by atoms with E-state index >= 15 is 0 Å². The van der Waals surface area contributed by atoms with Gasteiger partial charge in [-0.25, -0.2) is 0 Å². The number of aliphatic hydroxyl groups is 1. The number of ether oxygens (including phenoxy) is 2. The Labute approximate surface area is 227 Å². The number of carbonyl (C=O) groups excluding carboxylic acids is 1. The molecule has 0 heterocycles. The summed E-state index contributed by atoms with van der Waals surface area (Å²) in [4.78, 5) is 12.5. The van der Waals surface area contributed by atoms with Gasteiger partial charge in [-0.2, -0.15) is 4.39 Å². The van der Waals surface area contributed by atoms with Gasteiger partial charge in [0.15, 0.2) is 0 Å². The van der Waals surface area contributed by atoms with E-state index in [1.165, 1.54) is 20.3 Å². The summed E-state index contributed by atoms with van der Waals surface area (Å²) in [7, 11) is 2.64. The third kappa shape index (κ3) is 11.8. The molecule has 0 aromatic rings. The smallest absolute Gasteiger partial charge is 0.253 e. The van der Waals surface area contributed by atoms with Crippen LogP contribution in [0.1, 0.15) is 52.9 Å². The average Bonchev–Trinajstić information content (AvgIpc) is 3.72. The number of hydrogen-bond donors (Lipinski definition) is 6. The summed E-state index contributed by atoms with van der Waals surface area (Å²) in [5.74, 6) is -1.95. The third-order valence-corrected chi connectivity index (χ3v) is 5.65. The van der Waals surface area contributed by atoms with E-state index < -0.39 is 29.7 Å². The molecule has 0 aromatic heterocycles. The van der Waals surface area contributed by atoms with E-state index in [1.54, 1.807) is 6.92 Å². The minimum atomic E-state index is -1.37. The molecule has 0 saturated heterocycles. The van der Waals surface area contributed by atoms with Gasteiger partial charge in [-0.05, 0) is 49.9 Å². The molecule has 2 aliphatic carbocycles. The summed E-state index contributed by atoms with van der Waals surface area (Å²) in [5.41, 5.74) is 6.45. The topological polar surface area (TPSA) is 175 Å². The molecule has 2 rings (SSSR count). The first kappa shape index (κ1) is 33.9. The van der Waals surface area contributed by atoms with E-state index in [1.807, 2.05) is 13.8 Å². The summed E-state index contributed by atoms with van der Waals surface area (Å²) in [6, 6.07) is -0.496. The molecule has 2 aliphatic rings. The van der Waals surface area contributed by atoms with Crippen molar-refractivity contribution in [2.24, 2.45) is 17.8 Å². The number of hydrogen-bond acceptors (Lipinski definition) is 8. The van der Waals surface area contributed by atoms with Gasteiger partial charge in [0.1, 0.15) is 11.8 Å². The standard InChI is InChI=1S/C21H32FN5O4.C3H8N.W/c1-4-14(13(20(25)31-3)9-16(23)30-2)26-10-15(19(22)24)27-21(29)18(28)17(11-5-6-11)12-7-8-12;1-3(2)4;/h9-12,14,17-18,23-26,28H,4-8H2,1-3H3,(H,27,29);3-4H,1-2H3;/q;-1;/b13-9-,15-10+,23-16?,24-19?,25-20?;;. The minimum absolute atomic E-state index is 0. The van der Waals surface area contributed by atoms with Crippen LogP contribution in [0.2, 0.25) is 0 Å². The SMILES string of the molecule is CC(C)[NH-].CCC(N/C=C(/NC(=O)C(O)C(C1CC1)C1CC1)C(=N)F)/C(=C/C(=N)OC)C(=N)OC.[W]. The number of allylic oxidation sites excluding steroid dienone is 1. The van der Waals surface area contributed by atoms with Crippen molar-refractivity contribution in [2.45, 2.75) is 71.1 Å². The number of rotatable bonds is 12. The largest absolute Gasteiger partial charge is 0.675 e. The Hall–Kier alpha value is -2.10. The Morgan fingerprint density at radius 2 is 1.64 bits per heavy atom. The van der Waals surface area contributed by atoms with Crippen LogP contribution in [0.4, 0.5) is 4.39 Å². The summed E-state index contributed by atoms with van der Waals surface area (Å²) >= 11 is 0. The van der Waals surface area contributed by atoms with Gasteiger partial charge in [0.25, 0.3) is 5.91 Å². The molecule has 2 atom stereocenters. The van der Waals surface area contributed by atoms with Crippen molar-refractivity contribution in [1.82, 2.24) is 10.6 Å². The third-order valence-electron chi connectivity index (χ3n) is 5.65. The Morgan fingerprint density at radius 3 is 2.00 bits per heavy atom. The predicted octanol–water partition coefficient (Wildman–Crippen LogP) is 3.67. The fraction of sp³-hybridized carbons (Fsp3) is 0.667. The summed E-state index contributed by atoms with van der Waals surface area (Å²) in [6.45, 7) is 5.47. The fourth-order valence-corrected chi connectivity index (χ4v) is 3.65. The molecule has 2 unspecified atom stereocenters. The quantitative estimate of drug-likeness (QED) is 0.136. The van der Waals surface area contributed by atoms with E-state index in [0.717, 1.165) is 31.9 Å². The number of aliphatic hydroxyl groups excluding tert-OH is 1. The van der Waals surface area contributed by atoms with Crippen molar-refractivity contribution >= 4 is 23.7 Å². The summed E-state index contributed by atoms with van der Waals surface area (Å²) < 4.78 is 23.6. The molecule has 0 aliphatic heterocycles. The number of methoxy groups -OCH3 is 2. The van der Waals surface area contributed by atoms with Crippen LogP contribution in [-0.4, -0.2) is 61.2 Å². The van der Waals surface area contributed by atoms with Crippen molar-refractivity contribution in [3.63, 3.8) is 0 Å². The predicted molar refractivity (Wildman–Crippen MR) is 134 cm³/mol. The molecule has 0 spiro atoms. The Balaban J connectivity index is 0.00000227. The molecule has 36 heavy (non-hydrogen) atoms. The van der Waals surface area contributed by atoms with Crippen LogP contribution < -0.4 is 10.6 Å².